The fraction of sp³-hybridized carbons (Fsp3) is 0.444. The normalized spacial score (nSPS) is 11.4. The topological polar surface area (TPSA) is 61.8 Å². The molecule has 0 saturated carbocycles. The lowest BCUT2D eigenvalue weighted by Crippen LogP contribution is -2.13. The summed E-state index contributed by atoms with van der Waals surface area (Å²) in [5.41, 5.74) is 0.508. The summed E-state index contributed by atoms with van der Waals surface area (Å²) in [4.78, 5) is 22.7. The van der Waals surface area contributed by atoms with Gasteiger partial charge < -0.3 is 14.2 Å². The summed E-state index contributed by atoms with van der Waals surface area (Å²) in [5, 5.41) is 0. The van der Waals surface area contributed by atoms with Gasteiger partial charge in [0.2, 0.25) is 0 Å². The van der Waals surface area contributed by atoms with Crippen molar-refractivity contribution in [3.63, 3.8) is 0 Å². The number of hydrogen-bond donors (Lipinski definition) is 0. The van der Waals surface area contributed by atoms with Gasteiger partial charge in [0, 0.05) is 6.08 Å². The van der Waals surface area contributed by atoms with Crippen molar-refractivity contribution in [3.05, 3.63) is 42.5 Å². The molecule has 0 aromatic heterocycles. The average Bonchev–Trinajstić information content (AvgIpc) is 2.57. The van der Waals surface area contributed by atoms with Crippen LogP contribution in [0.5, 0.6) is 5.75 Å². The lowest BCUT2D eigenvalue weighted by atomic mass is 10.2. The van der Waals surface area contributed by atoms with E-state index in [-0.39, 0.29) is 12.1 Å². The molecular weight excluding hydrogens is 296 g/mol. The SMILES string of the molecule is C=CC(=O)OCCCCOc1ccc(C(=O)OC(C)CC)cc1. The first-order valence-corrected chi connectivity index (χ1v) is 7.79. The molecule has 0 saturated heterocycles. The predicted octanol–water partition coefficient (Wildman–Crippen LogP) is 3.53. The Hall–Kier alpha value is -2.30. The molecule has 0 bridgehead atoms. The Morgan fingerprint density at radius 3 is 2.43 bits per heavy atom. The summed E-state index contributed by atoms with van der Waals surface area (Å²) in [5.74, 6) is -0.0473. The first-order chi connectivity index (χ1) is 11.1. The molecule has 1 aromatic carbocycles. The van der Waals surface area contributed by atoms with Crippen molar-refractivity contribution in [2.24, 2.45) is 0 Å². The van der Waals surface area contributed by atoms with E-state index >= 15 is 0 Å². The van der Waals surface area contributed by atoms with Gasteiger partial charge >= 0.3 is 11.9 Å². The van der Waals surface area contributed by atoms with Gasteiger partial charge in [-0.1, -0.05) is 13.5 Å². The standard InChI is InChI=1S/C18H24O5/c1-4-14(3)23-18(20)15-8-10-16(11-9-15)21-12-6-7-13-22-17(19)5-2/h5,8-11,14H,2,4,6-7,12-13H2,1,3H3. The quantitative estimate of drug-likeness (QED) is 0.375. The van der Waals surface area contributed by atoms with Gasteiger partial charge in [-0.2, -0.15) is 0 Å². The van der Waals surface area contributed by atoms with Crippen LogP contribution in [0.2, 0.25) is 0 Å². The lowest BCUT2D eigenvalue weighted by Gasteiger charge is -2.11. The van der Waals surface area contributed by atoms with E-state index in [4.69, 9.17) is 14.2 Å². The summed E-state index contributed by atoms with van der Waals surface area (Å²) >= 11 is 0. The molecule has 0 N–H and O–H groups in total. The molecule has 23 heavy (non-hydrogen) atoms. The molecule has 126 valence electrons. The van der Waals surface area contributed by atoms with Crippen molar-refractivity contribution >= 4 is 11.9 Å². The Bertz CT molecular complexity index is 507. The molecule has 0 aliphatic carbocycles. The summed E-state index contributed by atoms with van der Waals surface area (Å²) in [6.45, 7) is 8.02. The van der Waals surface area contributed by atoms with E-state index in [0.717, 1.165) is 25.3 Å². The molecular formula is C18H24O5. The molecule has 1 unspecified atom stereocenters. The largest absolute Gasteiger partial charge is 0.494 e. The van der Waals surface area contributed by atoms with E-state index in [1.807, 2.05) is 13.8 Å². The number of hydrogen-bond acceptors (Lipinski definition) is 5. The minimum atomic E-state index is -0.411. The van der Waals surface area contributed by atoms with Crippen LogP contribution in [-0.4, -0.2) is 31.3 Å². The molecule has 0 fully saturated rings. The zero-order chi connectivity index (χ0) is 17.1. The highest BCUT2D eigenvalue weighted by Gasteiger charge is 2.10. The third-order valence-electron chi connectivity index (χ3n) is 3.19. The zero-order valence-electron chi connectivity index (χ0n) is 13.7. The molecule has 5 nitrogen and oxygen atoms in total. The van der Waals surface area contributed by atoms with Gasteiger partial charge in [-0.25, -0.2) is 9.59 Å². The Kier molecular flexibility index (Phi) is 8.50. The third-order valence-corrected chi connectivity index (χ3v) is 3.19. The summed E-state index contributed by atoms with van der Waals surface area (Å²) in [7, 11) is 0. The predicted molar refractivity (Wildman–Crippen MR) is 87.5 cm³/mol. The van der Waals surface area contributed by atoms with E-state index in [0.29, 0.717) is 24.5 Å². The summed E-state index contributed by atoms with van der Waals surface area (Å²) in [6, 6.07) is 6.85. The van der Waals surface area contributed by atoms with Crippen molar-refractivity contribution in [2.75, 3.05) is 13.2 Å². The van der Waals surface area contributed by atoms with Crippen LogP contribution in [0.1, 0.15) is 43.5 Å². The Balaban J connectivity index is 2.27. The number of ether oxygens (including phenoxy) is 3. The van der Waals surface area contributed by atoms with Crippen LogP contribution in [0.25, 0.3) is 0 Å². The van der Waals surface area contributed by atoms with E-state index < -0.39 is 5.97 Å². The first kappa shape index (κ1) is 18.7. The smallest absolute Gasteiger partial charge is 0.338 e. The summed E-state index contributed by atoms with van der Waals surface area (Å²) in [6.07, 6.45) is 3.33. The molecule has 5 heteroatoms. The number of esters is 2. The maximum atomic E-state index is 11.8. The number of benzene rings is 1. The molecule has 0 amide bonds. The second-order valence-electron chi connectivity index (χ2n) is 5.08. The van der Waals surface area contributed by atoms with Crippen LogP contribution < -0.4 is 4.74 Å². The monoisotopic (exact) mass is 320 g/mol. The molecule has 1 rings (SSSR count). The van der Waals surface area contributed by atoms with Crippen LogP contribution in [-0.2, 0) is 14.3 Å². The number of unbranched alkanes of at least 4 members (excludes halogenated alkanes) is 1. The van der Waals surface area contributed by atoms with Crippen molar-refractivity contribution in [1.29, 1.82) is 0 Å². The van der Waals surface area contributed by atoms with Crippen LogP contribution in [0.3, 0.4) is 0 Å². The highest BCUT2D eigenvalue weighted by molar-refractivity contribution is 5.89. The molecule has 0 aliphatic heterocycles. The molecule has 0 aliphatic rings. The van der Waals surface area contributed by atoms with Crippen molar-refractivity contribution in [1.82, 2.24) is 0 Å². The van der Waals surface area contributed by atoms with Gasteiger partial charge in [-0.05, 0) is 50.5 Å². The van der Waals surface area contributed by atoms with Crippen LogP contribution in [0.15, 0.2) is 36.9 Å². The average molecular weight is 320 g/mol. The van der Waals surface area contributed by atoms with Crippen molar-refractivity contribution in [2.45, 2.75) is 39.2 Å². The second-order valence-corrected chi connectivity index (χ2v) is 5.08. The van der Waals surface area contributed by atoms with Gasteiger partial charge in [0.05, 0.1) is 24.9 Å². The van der Waals surface area contributed by atoms with E-state index in [9.17, 15) is 9.59 Å². The van der Waals surface area contributed by atoms with Crippen molar-refractivity contribution < 1.29 is 23.8 Å². The summed E-state index contributed by atoms with van der Waals surface area (Å²) < 4.78 is 15.7. The van der Waals surface area contributed by atoms with E-state index in [1.54, 1.807) is 24.3 Å². The maximum Gasteiger partial charge on any atom is 0.338 e. The Labute approximate surface area is 137 Å². The lowest BCUT2D eigenvalue weighted by molar-refractivity contribution is -0.137. The number of rotatable bonds is 10. The van der Waals surface area contributed by atoms with Gasteiger partial charge in [0.25, 0.3) is 0 Å². The molecule has 1 atom stereocenters. The molecule has 1 aromatic rings. The van der Waals surface area contributed by atoms with Gasteiger partial charge in [0.15, 0.2) is 0 Å². The minimum absolute atomic E-state index is 0.0892. The second kappa shape index (κ2) is 10.4. The molecule has 0 spiro atoms. The van der Waals surface area contributed by atoms with Crippen LogP contribution in [0, 0.1) is 0 Å². The molecule has 0 radical (unpaired) electrons. The number of carbonyl (C=O) groups excluding carboxylic acids is 2. The zero-order valence-corrected chi connectivity index (χ0v) is 13.7. The highest BCUT2D eigenvalue weighted by atomic mass is 16.5. The Morgan fingerprint density at radius 2 is 1.83 bits per heavy atom. The maximum absolute atomic E-state index is 11.8. The van der Waals surface area contributed by atoms with Crippen LogP contribution in [0.4, 0.5) is 0 Å². The van der Waals surface area contributed by atoms with Crippen LogP contribution >= 0.6 is 0 Å². The molecule has 0 heterocycles. The minimum Gasteiger partial charge on any atom is -0.494 e. The third kappa shape index (κ3) is 7.49. The fourth-order valence-corrected chi connectivity index (χ4v) is 1.65. The van der Waals surface area contributed by atoms with Gasteiger partial charge in [-0.15, -0.1) is 0 Å². The van der Waals surface area contributed by atoms with Gasteiger partial charge in [0.1, 0.15) is 5.75 Å². The highest BCUT2D eigenvalue weighted by Crippen LogP contribution is 2.14. The first-order valence-electron chi connectivity index (χ1n) is 7.79. The fourth-order valence-electron chi connectivity index (χ4n) is 1.65. The Morgan fingerprint density at radius 1 is 1.17 bits per heavy atom. The van der Waals surface area contributed by atoms with E-state index in [1.165, 1.54) is 0 Å². The van der Waals surface area contributed by atoms with Crippen molar-refractivity contribution in [3.8, 4) is 5.75 Å². The van der Waals surface area contributed by atoms with E-state index in [2.05, 4.69) is 6.58 Å². The number of carbonyl (C=O) groups is 2. The van der Waals surface area contributed by atoms with Gasteiger partial charge in [-0.3, -0.25) is 0 Å².